The van der Waals surface area contributed by atoms with Crippen LogP contribution in [-0.2, 0) is 11.3 Å². The Balaban J connectivity index is 1.79. The number of phenols is 1. The number of benzene rings is 1. The predicted octanol–water partition coefficient (Wildman–Crippen LogP) is 0.288. The summed E-state index contributed by atoms with van der Waals surface area (Å²) in [5.74, 6) is 1.12. The highest BCUT2D eigenvalue weighted by atomic mass is 32.2. The number of quaternary nitrogens is 1. The van der Waals surface area contributed by atoms with Crippen molar-refractivity contribution in [3.63, 3.8) is 0 Å². The molecule has 0 amide bonds. The molecule has 0 unspecified atom stereocenters. The number of nitrogens with one attached hydrogen (secondary N) is 1. The molecule has 1 saturated heterocycles. The van der Waals surface area contributed by atoms with Crippen molar-refractivity contribution >= 4 is 11.8 Å². The number of thioether (sulfide) groups is 1. The Morgan fingerprint density at radius 3 is 2.64 bits per heavy atom. The topological polar surface area (TPSA) is 64.6 Å². The maximum Gasteiger partial charge on any atom is 0.191 e. The molecule has 1 aromatic heterocycles. The summed E-state index contributed by atoms with van der Waals surface area (Å²) in [7, 11) is 0. The van der Waals surface area contributed by atoms with E-state index in [0.717, 1.165) is 55.9 Å². The molecule has 0 saturated carbocycles. The Labute approximate surface area is 134 Å². The van der Waals surface area contributed by atoms with Gasteiger partial charge in [0.25, 0.3) is 0 Å². The fourth-order valence-electron chi connectivity index (χ4n) is 2.65. The monoisotopic (exact) mass is 321 g/mol. The highest BCUT2D eigenvalue weighted by molar-refractivity contribution is 7.98. The number of hydrogen-bond acceptors (Lipinski definition) is 5. The Morgan fingerprint density at radius 2 is 1.95 bits per heavy atom. The van der Waals surface area contributed by atoms with Crippen molar-refractivity contribution in [2.24, 2.45) is 0 Å². The number of morpholine rings is 1. The van der Waals surface area contributed by atoms with E-state index >= 15 is 0 Å². The normalized spacial score (nSPS) is 16.0. The highest BCUT2D eigenvalue weighted by Crippen LogP contribution is 2.23. The van der Waals surface area contributed by atoms with Crippen molar-refractivity contribution in [1.29, 1.82) is 0 Å². The lowest BCUT2D eigenvalue weighted by Crippen LogP contribution is -3.14. The number of aromatic nitrogens is 3. The van der Waals surface area contributed by atoms with Gasteiger partial charge in [0, 0.05) is 5.56 Å². The molecule has 118 valence electrons. The molecule has 0 radical (unpaired) electrons. The maximum atomic E-state index is 9.44. The van der Waals surface area contributed by atoms with Crippen LogP contribution in [0.25, 0.3) is 11.4 Å². The fourth-order valence-corrected chi connectivity index (χ4v) is 3.17. The second-order valence-corrected chi connectivity index (χ2v) is 6.09. The second-order valence-electron chi connectivity index (χ2n) is 5.32. The van der Waals surface area contributed by atoms with Crippen LogP contribution in [0.1, 0.15) is 0 Å². The SMILES string of the molecule is CSc1nnc(-c2ccc(O)cc2)n1CC[NH+]1CCOCC1. The Kier molecular flexibility index (Phi) is 4.97. The zero-order valence-electron chi connectivity index (χ0n) is 12.7. The Hall–Kier alpha value is -1.57. The molecule has 2 aromatic rings. The standard InChI is InChI=1S/C15H20N4O2S/c1-22-15-17-16-14(12-2-4-13(20)5-3-12)19(15)7-6-18-8-10-21-11-9-18/h2-5,20H,6-11H2,1H3/p+1. The molecule has 1 fully saturated rings. The summed E-state index contributed by atoms with van der Waals surface area (Å²) in [6.45, 7) is 5.74. The summed E-state index contributed by atoms with van der Waals surface area (Å²) in [6, 6.07) is 7.11. The fraction of sp³-hybridized carbons (Fsp3) is 0.467. The minimum absolute atomic E-state index is 0.262. The Morgan fingerprint density at radius 1 is 1.23 bits per heavy atom. The number of rotatable bonds is 5. The summed E-state index contributed by atoms with van der Waals surface area (Å²) in [5, 5.41) is 19.0. The summed E-state index contributed by atoms with van der Waals surface area (Å²) in [5.41, 5.74) is 0.975. The average Bonchev–Trinajstić information content (AvgIpc) is 2.97. The van der Waals surface area contributed by atoms with Gasteiger partial charge in [-0.25, -0.2) is 0 Å². The number of aromatic hydroxyl groups is 1. The third-order valence-electron chi connectivity index (χ3n) is 3.91. The van der Waals surface area contributed by atoms with Crippen LogP contribution in [0.3, 0.4) is 0 Å². The highest BCUT2D eigenvalue weighted by Gasteiger charge is 2.17. The van der Waals surface area contributed by atoms with E-state index in [1.54, 1.807) is 28.8 Å². The van der Waals surface area contributed by atoms with Crippen molar-refractivity contribution in [3.05, 3.63) is 24.3 Å². The van der Waals surface area contributed by atoms with Gasteiger partial charge in [0.2, 0.25) is 0 Å². The first kappa shape index (κ1) is 15.3. The molecule has 6 nitrogen and oxygen atoms in total. The van der Waals surface area contributed by atoms with Gasteiger partial charge in [-0.05, 0) is 30.5 Å². The zero-order valence-corrected chi connectivity index (χ0v) is 13.5. The first-order valence-corrected chi connectivity index (χ1v) is 8.68. The van der Waals surface area contributed by atoms with Crippen LogP contribution in [0.4, 0.5) is 0 Å². The minimum Gasteiger partial charge on any atom is -0.508 e. The van der Waals surface area contributed by atoms with Gasteiger partial charge in [-0.15, -0.1) is 10.2 Å². The van der Waals surface area contributed by atoms with Crippen LogP contribution >= 0.6 is 11.8 Å². The van der Waals surface area contributed by atoms with Gasteiger partial charge in [0.15, 0.2) is 11.0 Å². The quantitative estimate of drug-likeness (QED) is 0.775. The smallest absolute Gasteiger partial charge is 0.191 e. The van der Waals surface area contributed by atoms with E-state index in [9.17, 15) is 5.11 Å². The second kappa shape index (κ2) is 7.13. The lowest BCUT2D eigenvalue weighted by atomic mass is 10.2. The molecule has 0 aliphatic carbocycles. The molecule has 3 rings (SSSR count). The minimum atomic E-state index is 0.262. The van der Waals surface area contributed by atoms with Gasteiger partial charge in [0.05, 0.1) is 26.3 Å². The van der Waals surface area contributed by atoms with E-state index < -0.39 is 0 Å². The summed E-state index contributed by atoms with van der Waals surface area (Å²) in [6.07, 6.45) is 2.02. The van der Waals surface area contributed by atoms with E-state index in [4.69, 9.17) is 4.74 Å². The number of hydrogen-bond donors (Lipinski definition) is 2. The summed E-state index contributed by atoms with van der Waals surface area (Å²) < 4.78 is 7.57. The van der Waals surface area contributed by atoms with E-state index in [-0.39, 0.29) is 5.75 Å². The van der Waals surface area contributed by atoms with Gasteiger partial charge >= 0.3 is 0 Å². The van der Waals surface area contributed by atoms with Gasteiger partial charge in [-0.3, -0.25) is 4.57 Å². The molecular formula is C15H21N4O2S+. The molecule has 1 aromatic carbocycles. The van der Waals surface area contributed by atoms with E-state index in [1.807, 2.05) is 18.4 Å². The average molecular weight is 321 g/mol. The van der Waals surface area contributed by atoms with Gasteiger partial charge in [-0.2, -0.15) is 0 Å². The van der Waals surface area contributed by atoms with Crippen molar-refractivity contribution in [1.82, 2.24) is 14.8 Å². The van der Waals surface area contributed by atoms with Crippen molar-refractivity contribution in [2.75, 3.05) is 39.1 Å². The lowest BCUT2D eigenvalue weighted by molar-refractivity contribution is -0.908. The summed E-state index contributed by atoms with van der Waals surface area (Å²) >= 11 is 1.61. The van der Waals surface area contributed by atoms with Gasteiger partial charge in [0.1, 0.15) is 18.8 Å². The molecule has 0 spiro atoms. The Bertz CT molecular complexity index is 609. The van der Waals surface area contributed by atoms with Crippen LogP contribution in [0.5, 0.6) is 5.75 Å². The van der Waals surface area contributed by atoms with E-state index in [2.05, 4.69) is 14.8 Å². The first-order chi connectivity index (χ1) is 10.8. The van der Waals surface area contributed by atoms with Crippen molar-refractivity contribution in [3.8, 4) is 17.1 Å². The van der Waals surface area contributed by atoms with Crippen LogP contribution in [-0.4, -0.2) is 59.0 Å². The number of ether oxygens (including phenoxy) is 1. The first-order valence-electron chi connectivity index (χ1n) is 7.46. The van der Waals surface area contributed by atoms with Crippen molar-refractivity contribution < 1.29 is 14.7 Å². The number of nitrogens with zero attached hydrogens (tertiary/aromatic N) is 3. The third kappa shape index (κ3) is 3.43. The molecule has 7 heteroatoms. The molecular weight excluding hydrogens is 300 g/mol. The molecule has 2 heterocycles. The largest absolute Gasteiger partial charge is 0.508 e. The van der Waals surface area contributed by atoms with Gasteiger partial charge < -0.3 is 14.7 Å². The van der Waals surface area contributed by atoms with Crippen LogP contribution in [0.15, 0.2) is 29.4 Å². The maximum absolute atomic E-state index is 9.44. The molecule has 0 atom stereocenters. The molecule has 22 heavy (non-hydrogen) atoms. The molecule has 1 aliphatic heterocycles. The molecule has 1 aliphatic rings. The van der Waals surface area contributed by atoms with Crippen LogP contribution < -0.4 is 4.90 Å². The number of phenolic OH excluding ortho intramolecular Hbond substituents is 1. The van der Waals surface area contributed by atoms with E-state index in [1.165, 1.54) is 0 Å². The third-order valence-corrected chi connectivity index (χ3v) is 4.58. The van der Waals surface area contributed by atoms with Gasteiger partial charge in [-0.1, -0.05) is 11.8 Å². The zero-order chi connectivity index (χ0) is 15.4. The predicted molar refractivity (Wildman–Crippen MR) is 85.3 cm³/mol. The van der Waals surface area contributed by atoms with Crippen LogP contribution in [0.2, 0.25) is 0 Å². The molecule has 0 bridgehead atoms. The van der Waals surface area contributed by atoms with Crippen molar-refractivity contribution in [2.45, 2.75) is 11.7 Å². The lowest BCUT2D eigenvalue weighted by Gasteiger charge is -2.24. The van der Waals surface area contributed by atoms with Crippen LogP contribution in [0, 0.1) is 0 Å². The van der Waals surface area contributed by atoms with E-state index in [0.29, 0.717) is 0 Å². The molecule has 2 N–H and O–H groups in total. The summed E-state index contributed by atoms with van der Waals surface area (Å²) in [4.78, 5) is 1.56.